The standard InChI is InChI=1S/C28H33F3N4O4S/c1-20-7-9-21(10-8-20)24-19-25(28(29,30)31)32-35(24)22-11-13-23(14-12-22)40(37,38)34(26(36)39-27(2,3)4)18-17-33-15-5-6-16-33/h7-14,19H,5-6,15-18H2,1-4H3. The Balaban J connectivity index is 1.68. The van der Waals surface area contributed by atoms with Crippen molar-refractivity contribution in [1.29, 1.82) is 0 Å². The number of sulfonamides is 1. The third-order valence-electron chi connectivity index (χ3n) is 6.43. The molecule has 0 saturated carbocycles. The Bertz CT molecular complexity index is 1440. The lowest BCUT2D eigenvalue weighted by Gasteiger charge is -2.28. The summed E-state index contributed by atoms with van der Waals surface area (Å²) in [7, 11) is -4.33. The third-order valence-corrected chi connectivity index (χ3v) is 8.21. The molecule has 2 heterocycles. The predicted octanol–water partition coefficient (Wildman–Crippen LogP) is 5.89. The van der Waals surface area contributed by atoms with Gasteiger partial charge >= 0.3 is 12.3 Å². The number of hydrogen-bond acceptors (Lipinski definition) is 6. The average Bonchev–Trinajstić information content (AvgIpc) is 3.54. The molecule has 40 heavy (non-hydrogen) atoms. The van der Waals surface area contributed by atoms with Gasteiger partial charge in [0.1, 0.15) is 5.60 Å². The van der Waals surface area contributed by atoms with Crippen molar-refractivity contribution in [1.82, 2.24) is 19.0 Å². The highest BCUT2D eigenvalue weighted by Gasteiger charge is 2.36. The van der Waals surface area contributed by atoms with Crippen molar-refractivity contribution in [2.75, 3.05) is 26.2 Å². The summed E-state index contributed by atoms with van der Waals surface area (Å²) in [5.41, 5.74) is -0.0963. The van der Waals surface area contributed by atoms with Gasteiger partial charge in [-0.2, -0.15) is 22.6 Å². The average molecular weight is 579 g/mol. The van der Waals surface area contributed by atoms with Crippen molar-refractivity contribution >= 4 is 16.1 Å². The molecule has 4 rings (SSSR count). The molecule has 1 fully saturated rings. The van der Waals surface area contributed by atoms with E-state index in [2.05, 4.69) is 10.00 Å². The SMILES string of the molecule is Cc1ccc(-c2cc(C(F)(F)F)nn2-c2ccc(S(=O)(=O)N(CCN3CCCC3)C(=O)OC(C)(C)C)cc2)cc1. The van der Waals surface area contributed by atoms with E-state index in [0.717, 1.165) is 46.5 Å². The van der Waals surface area contributed by atoms with Crippen LogP contribution in [-0.2, 0) is 20.9 Å². The molecule has 0 atom stereocenters. The van der Waals surface area contributed by atoms with Crippen molar-refractivity contribution in [2.24, 2.45) is 0 Å². The number of carbonyl (C=O) groups is 1. The number of alkyl halides is 3. The van der Waals surface area contributed by atoms with Gasteiger partial charge in [0.2, 0.25) is 0 Å². The Morgan fingerprint density at radius 2 is 1.60 bits per heavy atom. The first kappa shape index (κ1) is 29.6. The lowest BCUT2D eigenvalue weighted by molar-refractivity contribution is -0.141. The minimum absolute atomic E-state index is 0.0926. The molecule has 3 aromatic rings. The Morgan fingerprint density at radius 3 is 2.15 bits per heavy atom. The van der Waals surface area contributed by atoms with Crippen molar-refractivity contribution in [3.63, 3.8) is 0 Å². The Kier molecular flexibility index (Phi) is 8.32. The molecule has 1 aliphatic heterocycles. The van der Waals surface area contributed by atoms with E-state index < -0.39 is 33.6 Å². The van der Waals surface area contributed by atoms with Crippen LogP contribution in [0.15, 0.2) is 59.5 Å². The van der Waals surface area contributed by atoms with E-state index in [1.165, 1.54) is 24.3 Å². The van der Waals surface area contributed by atoms with E-state index in [4.69, 9.17) is 4.74 Å². The quantitative estimate of drug-likeness (QED) is 0.348. The number of amides is 1. The van der Waals surface area contributed by atoms with E-state index in [1.807, 2.05) is 6.92 Å². The molecule has 0 N–H and O–H groups in total. The number of benzene rings is 2. The molecule has 1 aliphatic rings. The smallest absolute Gasteiger partial charge is 0.435 e. The van der Waals surface area contributed by atoms with Gasteiger partial charge in [0.05, 0.1) is 22.8 Å². The minimum atomic E-state index is -4.67. The molecule has 1 saturated heterocycles. The summed E-state index contributed by atoms with van der Waals surface area (Å²) in [6.45, 7) is 8.73. The van der Waals surface area contributed by atoms with Gasteiger partial charge in [-0.25, -0.2) is 17.9 Å². The van der Waals surface area contributed by atoms with Crippen LogP contribution in [0, 0.1) is 6.92 Å². The molecule has 2 aromatic carbocycles. The third kappa shape index (κ3) is 6.84. The monoisotopic (exact) mass is 578 g/mol. The molecule has 0 unspecified atom stereocenters. The summed E-state index contributed by atoms with van der Waals surface area (Å²) in [6.07, 6.45) is -3.64. The molecule has 216 valence electrons. The van der Waals surface area contributed by atoms with Crippen LogP contribution in [0.4, 0.5) is 18.0 Å². The van der Waals surface area contributed by atoms with Crippen LogP contribution >= 0.6 is 0 Å². The first-order valence-corrected chi connectivity index (χ1v) is 14.4. The second-order valence-electron chi connectivity index (χ2n) is 10.8. The Labute approximate surface area is 232 Å². The number of likely N-dealkylation sites (tertiary alicyclic amines) is 1. The fourth-order valence-corrected chi connectivity index (χ4v) is 5.68. The number of aryl methyl sites for hydroxylation is 1. The number of ether oxygens (including phenoxy) is 1. The zero-order valence-electron chi connectivity index (χ0n) is 22.9. The summed E-state index contributed by atoms with van der Waals surface area (Å²) < 4.78 is 75.1. The van der Waals surface area contributed by atoms with Gasteiger partial charge in [0.25, 0.3) is 10.0 Å². The van der Waals surface area contributed by atoms with Gasteiger partial charge < -0.3 is 9.64 Å². The Morgan fingerprint density at radius 1 is 1.00 bits per heavy atom. The second-order valence-corrected chi connectivity index (χ2v) is 12.7. The van der Waals surface area contributed by atoms with Crippen molar-refractivity contribution < 1.29 is 31.1 Å². The summed E-state index contributed by atoms with van der Waals surface area (Å²) in [6, 6.07) is 13.2. The molecular weight excluding hydrogens is 545 g/mol. The number of hydrogen-bond donors (Lipinski definition) is 0. The number of halogens is 3. The zero-order valence-corrected chi connectivity index (χ0v) is 23.7. The fourth-order valence-electron chi connectivity index (χ4n) is 4.39. The molecule has 1 aromatic heterocycles. The largest absolute Gasteiger partial charge is 0.443 e. The number of carbonyl (C=O) groups excluding carboxylic acids is 1. The lowest BCUT2D eigenvalue weighted by atomic mass is 10.1. The van der Waals surface area contributed by atoms with Gasteiger partial charge in [0, 0.05) is 12.1 Å². The molecule has 0 radical (unpaired) electrons. The van der Waals surface area contributed by atoms with E-state index in [-0.39, 0.29) is 22.8 Å². The maximum Gasteiger partial charge on any atom is 0.435 e. The van der Waals surface area contributed by atoms with Crippen LogP contribution in [0.2, 0.25) is 0 Å². The highest BCUT2D eigenvalue weighted by atomic mass is 32.2. The summed E-state index contributed by atoms with van der Waals surface area (Å²) in [4.78, 5) is 14.9. The fraction of sp³-hybridized carbons (Fsp3) is 0.429. The number of nitrogens with zero attached hydrogens (tertiary/aromatic N) is 4. The lowest BCUT2D eigenvalue weighted by Crippen LogP contribution is -2.44. The first-order chi connectivity index (χ1) is 18.6. The van der Waals surface area contributed by atoms with Crippen LogP contribution in [0.25, 0.3) is 16.9 Å². The molecule has 0 spiro atoms. The van der Waals surface area contributed by atoms with Crippen molar-refractivity contribution in [3.05, 3.63) is 65.9 Å². The van der Waals surface area contributed by atoms with Crippen molar-refractivity contribution in [2.45, 2.75) is 57.2 Å². The highest BCUT2D eigenvalue weighted by Crippen LogP contribution is 2.33. The van der Waals surface area contributed by atoms with E-state index in [0.29, 0.717) is 12.1 Å². The molecule has 8 nitrogen and oxygen atoms in total. The normalized spacial score (nSPS) is 14.9. The summed E-state index contributed by atoms with van der Waals surface area (Å²) in [5.74, 6) is 0. The van der Waals surface area contributed by atoms with Gasteiger partial charge in [-0.05, 0) is 84.0 Å². The molecule has 1 amide bonds. The topological polar surface area (TPSA) is 84.7 Å². The maximum atomic E-state index is 13.6. The van der Waals surface area contributed by atoms with Crippen molar-refractivity contribution in [3.8, 4) is 16.9 Å². The van der Waals surface area contributed by atoms with Gasteiger partial charge in [-0.1, -0.05) is 29.8 Å². The van der Waals surface area contributed by atoms with Gasteiger partial charge in [-0.3, -0.25) is 0 Å². The molecular formula is C28H33F3N4O4S. The van der Waals surface area contributed by atoms with Crippen LogP contribution < -0.4 is 0 Å². The van der Waals surface area contributed by atoms with E-state index in [1.54, 1.807) is 45.0 Å². The molecule has 0 bridgehead atoms. The predicted molar refractivity (Wildman–Crippen MR) is 145 cm³/mol. The summed E-state index contributed by atoms with van der Waals surface area (Å²) >= 11 is 0. The highest BCUT2D eigenvalue weighted by molar-refractivity contribution is 7.89. The van der Waals surface area contributed by atoms with E-state index in [9.17, 15) is 26.4 Å². The number of aromatic nitrogens is 2. The van der Waals surface area contributed by atoms with E-state index >= 15 is 0 Å². The summed E-state index contributed by atoms with van der Waals surface area (Å²) in [5, 5.41) is 3.77. The Hall–Kier alpha value is -3.38. The zero-order chi connectivity index (χ0) is 29.3. The van der Waals surface area contributed by atoms with Crippen LogP contribution in [0.1, 0.15) is 44.9 Å². The van der Waals surface area contributed by atoms with Crippen LogP contribution in [0.3, 0.4) is 0 Å². The number of rotatable bonds is 7. The second kappa shape index (κ2) is 11.2. The van der Waals surface area contributed by atoms with Crippen LogP contribution in [0.5, 0.6) is 0 Å². The van der Waals surface area contributed by atoms with Gasteiger partial charge in [-0.15, -0.1) is 0 Å². The molecule has 0 aliphatic carbocycles. The minimum Gasteiger partial charge on any atom is -0.443 e. The maximum absolute atomic E-state index is 13.6. The van der Waals surface area contributed by atoms with Gasteiger partial charge in [0.15, 0.2) is 5.69 Å². The first-order valence-electron chi connectivity index (χ1n) is 13.0. The molecule has 12 heteroatoms. The van der Waals surface area contributed by atoms with Crippen LogP contribution in [-0.4, -0.2) is 65.3 Å².